The van der Waals surface area contributed by atoms with Crippen molar-refractivity contribution in [2.45, 2.75) is 26.7 Å². The molecule has 2 aromatic heterocycles. The lowest BCUT2D eigenvalue weighted by Gasteiger charge is -2.01. The van der Waals surface area contributed by atoms with Gasteiger partial charge in [0.1, 0.15) is 10.7 Å². The van der Waals surface area contributed by atoms with Crippen LogP contribution in [0.2, 0.25) is 0 Å². The van der Waals surface area contributed by atoms with E-state index >= 15 is 0 Å². The van der Waals surface area contributed by atoms with Crippen LogP contribution < -0.4 is 0 Å². The largest absolute Gasteiger partial charge is 0.253 e. The van der Waals surface area contributed by atoms with Crippen LogP contribution in [0.4, 0.5) is 0 Å². The van der Waals surface area contributed by atoms with Crippen LogP contribution in [-0.4, -0.2) is 9.97 Å². The normalized spacial score (nSPS) is 10.5. The lowest BCUT2D eigenvalue weighted by atomic mass is 10.1. The molecule has 2 rings (SSSR count). The van der Waals surface area contributed by atoms with E-state index in [2.05, 4.69) is 29.9 Å². The lowest BCUT2D eigenvalue weighted by molar-refractivity contribution is 1.10. The third kappa shape index (κ3) is 2.07. The summed E-state index contributed by atoms with van der Waals surface area (Å²) >= 11 is 1.74. The van der Waals surface area contributed by atoms with Gasteiger partial charge in [0.15, 0.2) is 0 Å². The zero-order chi connectivity index (χ0) is 10.7. The highest BCUT2D eigenvalue weighted by Crippen LogP contribution is 2.26. The van der Waals surface area contributed by atoms with Crippen LogP contribution in [0.3, 0.4) is 0 Å². The molecule has 0 fully saturated rings. The second-order valence-corrected chi connectivity index (χ2v) is 4.47. The van der Waals surface area contributed by atoms with Gasteiger partial charge in [-0.2, -0.15) is 0 Å². The van der Waals surface area contributed by atoms with Crippen molar-refractivity contribution < 1.29 is 0 Å². The lowest BCUT2D eigenvalue weighted by Crippen LogP contribution is -1.89. The SMILES string of the molecule is CCc1cnc(-c2ncccc2CC)s1. The van der Waals surface area contributed by atoms with Gasteiger partial charge < -0.3 is 0 Å². The van der Waals surface area contributed by atoms with Gasteiger partial charge in [0, 0.05) is 17.3 Å². The Morgan fingerprint density at radius 3 is 2.73 bits per heavy atom. The summed E-state index contributed by atoms with van der Waals surface area (Å²) in [5, 5.41) is 1.05. The van der Waals surface area contributed by atoms with Crippen molar-refractivity contribution in [2.24, 2.45) is 0 Å². The third-order valence-corrected chi connectivity index (χ3v) is 3.53. The molecule has 0 radical (unpaired) electrons. The maximum Gasteiger partial charge on any atom is 0.142 e. The van der Waals surface area contributed by atoms with Crippen molar-refractivity contribution in [3.05, 3.63) is 35.0 Å². The minimum Gasteiger partial charge on any atom is -0.253 e. The molecule has 0 aliphatic carbocycles. The van der Waals surface area contributed by atoms with Gasteiger partial charge >= 0.3 is 0 Å². The molecule has 0 aliphatic heterocycles. The van der Waals surface area contributed by atoms with Crippen molar-refractivity contribution in [1.82, 2.24) is 9.97 Å². The molecular formula is C12H14N2S. The van der Waals surface area contributed by atoms with Crippen LogP contribution in [0, 0.1) is 0 Å². The summed E-state index contributed by atoms with van der Waals surface area (Å²) in [7, 11) is 0. The summed E-state index contributed by atoms with van der Waals surface area (Å²) < 4.78 is 0. The predicted molar refractivity (Wildman–Crippen MR) is 64.1 cm³/mol. The quantitative estimate of drug-likeness (QED) is 0.789. The average molecular weight is 218 g/mol. The molecule has 78 valence electrons. The smallest absolute Gasteiger partial charge is 0.142 e. The Labute approximate surface area is 94.0 Å². The van der Waals surface area contributed by atoms with Crippen LogP contribution in [0.25, 0.3) is 10.7 Å². The molecule has 0 aliphatic rings. The van der Waals surface area contributed by atoms with E-state index in [1.165, 1.54) is 10.4 Å². The fraction of sp³-hybridized carbons (Fsp3) is 0.333. The molecule has 0 spiro atoms. The molecule has 0 aromatic carbocycles. The Morgan fingerprint density at radius 1 is 1.20 bits per heavy atom. The molecule has 0 N–H and O–H groups in total. The van der Waals surface area contributed by atoms with Gasteiger partial charge in [-0.05, 0) is 24.5 Å². The van der Waals surface area contributed by atoms with E-state index in [-0.39, 0.29) is 0 Å². The molecule has 0 saturated carbocycles. The number of aromatic nitrogens is 2. The highest BCUT2D eigenvalue weighted by atomic mass is 32.1. The topological polar surface area (TPSA) is 25.8 Å². The van der Waals surface area contributed by atoms with Crippen LogP contribution in [0.1, 0.15) is 24.3 Å². The van der Waals surface area contributed by atoms with Crippen molar-refractivity contribution >= 4 is 11.3 Å². The molecule has 0 unspecified atom stereocenters. The molecule has 2 heterocycles. The second-order valence-electron chi connectivity index (χ2n) is 3.35. The van der Waals surface area contributed by atoms with Gasteiger partial charge in [0.05, 0.1) is 0 Å². The van der Waals surface area contributed by atoms with Gasteiger partial charge in [-0.3, -0.25) is 4.98 Å². The van der Waals surface area contributed by atoms with E-state index in [1.54, 1.807) is 11.3 Å². The summed E-state index contributed by atoms with van der Waals surface area (Å²) in [5.41, 5.74) is 2.32. The summed E-state index contributed by atoms with van der Waals surface area (Å²) in [6.45, 7) is 4.30. The second kappa shape index (κ2) is 4.53. The zero-order valence-electron chi connectivity index (χ0n) is 9.03. The van der Waals surface area contributed by atoms with Crippen molar-refractivity contribution in [3.8, 4) is 10.7 Å². The molecule has 0 atom stereocenters. The van der Waals surface area contributed by atoms with Crippen LogP contribution in [0.5, 0.6) is 0 Å². The van der Waals surface area contributed by atoms with E-state index < -0.39 is 0 Å². The highest BCUT2D eigenvalue weighted by Gasteiger charge is 2.08. The fourth-order valence-electron chi connectivity index (χ4n) is 1.50. The van der Waals surface area contributed by atoms with Crippen molar-refractivity contribution in [1.29, 1.82) is 0 Å². The molecule has 0 saturated heterocycles. The number of hydrogen-bond acceptors (Lipinski definition) is 3. The number of rotatable bonds is 3. The molecule has 2 aromatic rings. The number of nitrogens with zero attached hydrogens (tertiary/aromatic N) is 2. The number of thiazole rings is 1. The maximum absolute atomic E-state index is 4.42. The van der Waals surface area contributed by atoms with E-state index in [4.69, 9.17) is 0 Å². The first kappa shape index (κ1) is 10.3. The summed E-state index contributed by atoms with van der Waals surface area (Å²) in [5.74, 6) is 0. The first-order valence-electron chi connectivity index (χ1n) is 5.24. The van der Waals surface area contributed by atoms with Crippen molar-refractivity contribution in [2.75, 3.05) is 0 Å². The third-order valence-electron chi connectivity index (χ3n) is 2.38. The minimum atomic E-state index is 1.00. The van der Waals surface area contributed by atoms with Crippen LogP contribution in [0.15, 0.2) is 24.5 Å². The average Bonchev–Trinajstić information content (AvgIpc) is 2.77. The Morgan fingerprint density at radius 2 is 2.07 bits per heavy atom. The number of aryl methyl sites for hydroxylation is 2. The maximum atomic E-state index is 4.42. The van der Waals surface area contributed by atoms with Crippen LogP contribution in [-0.2, 0) is 12.8 Å². The van der Waals surface area contributed by atoms with Gasteiger partial charge in [-0.1, -0.05) is 19.9 Å². The highest BCUT2D eigenvalue weighted by molar-refractivity contribution is 7.15. The van der Waals surface area contributed by atoms with Gasteiger partial charge in [0.25, 0.3) is 0 Å². The Balaban J connectivity index is 2.44. The molecule has 3 heteroatoms. The Bertz CT molecular complexity index is 448. The molecule has 0 bridgehead atoms. The van der Waals surface area contributed by atoms with Gasteiger partial charge in [0.2, 0.25) is 0 Å². The molecule has 15 heavy (non-hydrogen) atoms. The van der Waals surface area contributed by atoms with Gasteiger partial charge in [-0.15, -0.1) is 11.3 Å². The van der Waals surface area contributed by atoms with E-state index in [9.17, 15) is 0 Å². The summed E-state index contributed by atoms with van der Waals surface area (Å²) in [4.78, 5) is 10.2. The number of pyridine rings is 1. The molecule has 2 nitrogen and oxygen atoms in total. The first-order chi connectivity index (χ1) is 7.35. The monoisotopic (exact) mass is 218 g/mol. The van der Waals surface area contributed by atoms with E-state index in [0.717, 1.165) is 23.5 Å². The number of hydrogen-bond donors (Lipinski definition) is 0. The van der Waals surface area contributed by atoms with Crippen LogP contribution >= 0.6 is 11.3 Å². The van der Waals surface area contributed by atoms with Gasteiger partial charge in [-0.25, -0.2) is 4.98 Å². The predicted octanol–water partition coefficient (Wildman–Crippen LogP) is 3.33. The minimum absolute atomic E-state index is 1.00. The first-order valence-corrected chi connectivity index (χ1v) is 6.05. The molecule has 0 amide bonds. The summed E-state index contributed by atoms with van der Waals surface area (Å²) in [6.07, 6.45) is 5.84. The summed E-state index contributed by atoms with van der Waals surface area (Å²) in [6, 6.07) is 4.10. The standard InChI is InChI=1S/C12H14N2S/c1-3-9-6-5-7-13-11(9)12-14-8-10(4-2)15-12/h5-8H,3-4H2,1-2H3. The van der Waals surface area contributed by atoms with Crippen molar-refractivity contribution in [3.63, 3.8) is 0 Å². The molecular weight excluding hydrogens is 204 g/mol. The zero-order valence-corrected chi connectivity index (χ0v) is 9.84. The van der Waals surface area contributed by atoms with E-state index in [0.29, 0.717) is 0 Å². The Hall–Kier alpha value is -1.22. The van der Waals surface area contributed by atoms with E-state index in [1.807, 2.05) is 18.5 Å². The fourth-order valence-corrected chi connectivity index (χ4v) is 2.38. The Kier molecular flexibility index (Phi) is 3.11.